The number of benzene rings is 3. The largest absolute Gasteiger partial charge is 0.258 e. The third kappa shape index (κ3) is 5.24. The van der Waals surface area contributed by atoms with Crippen molar-refractivity contribution in [2.75, 3.05) is 0 Å². The highest BCUT2D eigenvalue weighted by Crippen LogP contribution is 2.13. The first-order valence-electron chi connectivity index (χ1n) is 8.37. The zero-order valence-electron chi connectivity index (χ0n) is 14.0. The molecule has 0 amide bonds. The molecule has 3 aromatic carbocycles. The van der Waals surface area contributed by atoms with E-state index in [1.54, 1.807) is 0 Å². The summed E-state index contributed by atoms with van der Waals surface area (Å²) in [5, 5.41) is 0. The highest BCUT2D eigenvalue weighted by Gasteiger charge is 2.14. The normalized spacial score (nSPS) is 10.6. The Morgan fingerprint density at radius 2 is 1.04 bits per heavy atom. The standard InChI is InChI=1S/C22H21NOS/c24-25-22(16-19-10-4-1-5-11-19)23(17-20-12-6-2-7-13-20)18-21-14-8-3-9-15-21/h1-15H,16-18H2. The van der Waals surface area contributed by atoms with Crippen LogP contribution < -0.4 is 0 Å². The van der Waals surface area contributed by atoms with Crippen molar-refractivity contribution in [1.29, 1.82) is 0 Å². The molecular formula is C22H21NOS. The molecule has 3 aromatic rings. The zero-order valence-corrected chi connectivity index (χ0v) is 14.9. The van der Waals surface area contributed by atoms with Crippen LogP contribution in [0.4, 0.5) is 0 Å². The van der Waals surface area contributed by atoms with Gasteiger partial charge in [0, 0.05) is 19.5 Å². The molecule has 0 bridgehead atoms. The molecule has 3 rings (SSSR count). The van der Waals surface area contributed by atoms with Gasteiger partial charge in [-0.2, -0.15) is 0 Å². The number of rotatable bonds is 6. The van der Waals surface area contributed by atoms with Crippen molar-refractivity contribution in [2.24, 2.45) is 0 Å². The quantitative estimate of drug-likeness (QED) is 0.621. The van der Waals surface area contributed by atoms with Gasteiger partial charge in [-0.05, 0) is 16.7 Å². The summed E-state index contributed by atoms with van der Waals surface area (Å²) in [5.74, 6) is 0. The molecule has 0 fully saturated rings. The zero-order chi connectivity index (χ0) is 17.3. The average molecular weight is 347 g/mol. The molecule has 0 aliphatic rings. The van der Waals surface area contributed by atoms with E-state index >= 15 is 0 Å². The highest BCUT2D eigenvalue weighted by atomic mass is 32.1. The smallest absolute Gasteiger partial charge is 0.105 e. The van der Waals surface area contributed by atoms with Crippen LogP contribution in [0.5, 0.6) is 0 Å². The molecule has 0 spiro atoms. The fraction of sp³-hybridized carbons (Fsp3) is 0.136. The van der Waals surface area contributed by atoms with E-state index in [4.69, 9.17) is 0 Å². The molecule has 2 nitrogen and oxygen atoms in total. The molecule has 0 saturated carbocycles. The minimum absolute atomic E-state index is 0.604. The minimum Gasteiger partial charge on any atom is -0.258 e. The molecule has 0 aromatic heterocycles. The second-order valence-electron chi connectivity index (χ2n) is 5.97. The second-order valence-corrected chi connectivity index (χ2v) is 6.60. The molecule has 3 heteroatoms. The van der Waals surface area contributed by atoms with Crippen LogP contribution in [0, 0.1) is 0 Å². The number of hydrogen-bond acceptors (Lipinski definition) is 1. The predicted molar refractivity (Wildman–Crippen MR) is 105 cm³/mol. The Kier molecular flexibility index (Phi) is 6.32. The Bertz CT molecular complexity index is 786. The fourth-order valence-corrected chi connectivity index (χ4v) is 3.26. The lowest BCUT2D eigenvalue weighted by Gasteiger charge is -2.23. The predicted octanol–water partition coefficient (Wildman–Crippen LogP) is 4.27. The van der Waals surface area contributed by atoms with Gasteiger partial charge in [-0.25, -0.2) is 4.21 Å². The summed E-state index contributed by atoms with van der Waals surface area (Å²) in [7, 11) is 0. The maximum Gasteiger partial charge on any atom is 0.105 e. The molecule has 25 heavy (non-hydrogen) atoms. The molecule has 0 atom stereocenters. The minimum atomic E-state index is 0.604. The van der Waals surface area contributed by atoms with E-state index in [1.807, 2.05) is 54.6 Å². The molecule has 0 unspecified atom stereocenters. The van der Waals surface area contributed by atoms with E-state index in [1.165, 1.54) is 11.1 Å². The summed E-state index contributed by atoms with van der Waals surface area (Å²) < 4.78 is 11.9. The van der Waals surface area contributed by atoms with E-state index in [2.05, 4.69) is 41.3 Å². The van der Waals surface area contributed by atoms with Crippen molar-refractivity contribution in [3.8, 4) is 0 Å². The lowest BCUT2D eigenvalue weighted by molar-refractivity contribution is 0.407. The maximum atomic E-state index is 11.9. The molecular weight excluding hydrogens is 326 g/mol. The van der Waals surface area contributed by atoms with Crippen LogP contribution in [0.15, 0.2) is 91.0 Å². The topological polar surface area (TPSA) is 20.3 Å². The van der Waals surface area contributed by atoms with E-state index in [9.17, 15) is 4.21 Å². The van der Waals surface area contributed by atoms with E-state index < -0.39 is 0 Å². The van der Waals surface area contributed by atoms with Gasteiger partial charge in [0.1, 0.15) is 11.3 Å². The third-order valence-electron chi connectivity index (χ3n) is 4.08. The molecule has 0 aliphatic carbocycles. The summed E-state index contributed by atoms with van der Waals surface area (Å²) in [6.45, 7) is 1.46. The van der Waals surface area contributed by atoms with Crippen LogP contribution in [0.1, 0.15) is 16.7 Å². The van der Waals surface area contributed by atoms with E-state index in [0.717, 1.165) is 23.6 Å². The van der Waals surface area contributed by atoms with Gasteiger partial charge in [-0.3, -0.25) is 4.90 Å². The van der Waals surface area contributed by atoms with Gasteiger partial charge in [0.2, 0.25) is 0 Å². The van der Waals surface area contributed by atoms with Crippen molar-refractivity contribution in [3.63, 3.8) is 0 Å². The molecule has 0 aliphatic heterocycles. The van der Waals surface area contributed by atoms with Crippen molar-refractivity contribution in [1.82, 2.24) is 4.90 Å². The Morgan fingerprint density at radius 3 is 1.44 bits per heavy atom. The molecule has 0 saturated heterocycles. The van der Waals surface area contributed by atoms with E-state index in [0.29, 0.717) is 17.7 Å². The molecule has 0 heterocycles. The first-order valence-corrected chi connectivity index (χ1v) is 9.11. The van der Waals surface area contributed by atoms with Crippen LogP contribution in [0.25, 0.3) is 0 Å². The van der Waals surface area contributed by atoms with Crippen LogP contribution in [-0.2, 0) is 30.8 Å². The number of hydrogen-bond donors (Lipinski definition) is 0. The number of nitrogens with zero attached hydrogens (tertiary/aromatic N) is 1. The van der Waals surface area contributed by atoms with Crippen molar-refractivity contribution < 1.29 is 4.21 Å². The Hall–Kier alpha value is -2.49. The monoisotopic (exact) mass is 347 g/mol. The highest BCUT2D eigenvalue weighted by molar-refractivity contribution is 7.66. The fourth-order valence-electron chi connectivity index (χ4n) is 2.80. The van der Waals surface area contributed by atoms with Gasteiger partial charge in [0.25, 0.3) is 0 Å². The van der Waals surface area contributed by atoms with E-state index in [-0.39, 0.29) is 0 Å². The first-order chi connectivity index (χ1) is 12.3. The summed E-state index contributed by atoms with van der Waals surface area (Å²) >= 11 is 0.604. The van der Waals surface area contributed by atoms with Crippen molar-refractivity contribution in [2.45, 2.75) is 19.5 Å². The second kappa shape index (κ2) is 9.11. The van der Waals surface area contributed by atoms with Crippen LogP contribution >= 0.6 is 0 Å². The van der Waals surface area contributed by atoms with Crippen molar-refractivity contribution in [3.05, 3.63) is 108 Å². The molecule has 0 radical (unpaired) electrons. The van der Waals surface area contributed by atoms with Crippen LogP contribution in [0.2, 0.25) is 0 Å². The Labute approximate surface area is 152 Å². The first kappa shape index (κ1) is 17.3. The lowest BCUT2D eigenvalue weighted by atomic mass is 10.1. The average Bonchev–Trinajstić information content (AvgIpc) is 2.68. The van der Waals surface area contributed by atoms with Gasteiger partial charge >= 0.3 is 0 Å². The third-order valence-corrected chi connectivity index (χ3v) is 4.67. The summed E-state index contributed by atoms with van der Waals surface area (Å²) in [6, 6.07) is 30.8. The Balaban J connectivity index is 1.84. The summed E-state index contributed by atoms with van der Waals surface area (Å²) in [5.41, 5.74) is 3.57. The lowest BCUT2D eigenvalue weighted by Crippen LogP contribution is -2.31. The van der Waals surface area contributed by atoms with Gasteiger partial charge in [0.05, 0.1) is 4.99 Å². The van der Waals surface area contributed by atoms with Crippen LogP contribution in [-0.4, -0.2) is 14.1 Å². The summed E-state index contributed by atoms with van der Waals surface area (Å²) in [4.78, 5) is 3.04. The maximum absolute atomic E-state index is 11.9. The van der Waals surface area contributed by atoms with Gasteiger partial charge in [-0.1, -0.05) is 91.0 Å². The van der Waals surface area contributed by atoms with Crippen molar-refractivity contribution >= 4 is 16.2 Å². The SMILES string of the molecule is O=S=C(Cc1ccccc1)N(Cc1ccccc1)Cc1ccccc1. The van der Waals surface area contributed by atoms with Gasteiger partial charge < -0.3 is 0 Å². The van der Waals surface area contributed by atoms with Crippen LogP contribution in [0.3, 0.4) is 0 Å². The Morgan fingerprint density at radius 1 is 0.640 bits per heavy atom. The molecule has 126 valence electrons. The van der Waals surface area contributed by atoms with Gasteiger partial charge in [-0.15, -0.1) is 0 Å². The summed E-state index contributed by atoms with van der Waals surface area (Å²) in [6.07, 6.45) is 0.661. The molecule has 0 N–H and O–H groups in total. The van der Waals surface area contributed by atoms with Gasteiger partial charge in [0.15, 0.2) is 0 Å².